The first-order valence-electron chi connectivity index (χ1n) is 8.37. The van der Waals surface area contributed by atoms with Crippen molar-refractivity contribution in [2.24, 2.45) is 5.73 Å². The number of aromatic nitrogens is 4. The molecule has 3 heterocycles. The highest BCUT2D eigenvalue weighted by atomic mass is 16.1. The molecule has 0 aliphatic carbocycles. The number of carbonyl (C=O) groups excluding carboxylic acids is 1. The third kappa shape index (κ3) is 3.42. The van der Waals surface area contributed by atoms with Gasteiger partial charge in [-0.1, -0.05) is 13.3 Å². The van der Waals surface area contributed by atoms with E-state index in [1.165, 1.54) is 0 Å². The smallest absolute Gasteiger partial charge is 0.269 e. The van der Waals surface area contributed by atoms with Gasteiger partial charge in [0.05, 0.1) is 23.3 Å². The van der Waals surface area contributed by atoms with Crippen LogP contribution in [0.25, 0.3) is 17.1 Å². The van der Waals surface area contributed by atoms with E-state index in [2.05, 4.69) is 22.0 Å². The Morgan fingerprint density at radius 3 is 2.76 bits per heavy atom. The number of amides is 1. The Bertz CT molecular complexity index is 886. The van der Waals surface area contributed by atoms with Crippen molar-refractivity contribution in [1.29, 1.82) is 0 Å². The molecular weight excluding hydrogens is 314 g/mol. The van der Waals surface area contributed by atoms with E-state index >= 15 is 0 Å². The number of pyridine rings is 2. The van der Waals surface area contributed by atoms with Crippen LogP contribution < -0.4 is 5.73 Å². The van der Waals surface area contributed by atoms with E-state index in [4.69, 9.17) is 5.73 Å². The van der Waals surface area contributed by atoms with E-state index < -0.39 is 5.91 Å². The summed E-state index contributed by atoms with van der Waals surface area (Å²) in [6.07, 6.45) is 7.85. The minimum Gasteiger partial charge on any atom is -0.364 e. The van der Waals surface area contributed by atoms with Crippen molar-refractivity contribution < 1.29 is 4.79 Å². The monoisotopic (exact) mass is 335 g/mol. The van der Waals surface area contributed by atoms with Gasteiger partial charge in [-0.25, -0.2) is 4.68 Å². The molecule has 0 spiro atoms. The molecule has 0 aromatic carbocycles. The fourth-order valence-electron chi connectivity index (χ4n) is 2.83. The summed E-state index contributed by atoms with van der Waals surface area (Å²) in [5, 5.41) is 4.50. The van der Waals surface area contributed by atoms with Gasteiger partial charge in [0, 0.05) is 18.0 Å². The fraction of sp³-hybridized carbons (Fsp3) is 0.263. The quantitative estimate of drug-likeness (QED) is 0.750. The van der Waals surface area contributed by atoms with Gasteiger partial charge in [-0.2, -0.15) is 5.10 Å². The number of aryl methyl sites for hydroxylation is 1. The zero-order valence-corrected chi connectivity index (χ0v) is 14.4. The average Bonchev–Trinajstić information content (AvgIpc) is 3.00. The Hall–Kier alpha value is -3.02. The zero-order chi connectivity index (χ0) is 17.8. The maximum atomic E-state index is 12.0. The number of nitrogens with zero attached hydrogens (tertiary/aromatic N) is 4. The molecule has 6 nitrogen and oxygen atoms in total. The van der Waals surface area contributed by atoms with Crippen molar-refractivity contribution in [3.05, 3.63) is 59.7 Å². The lowest BCUT2D eigenvalue weighted by atomic mass is 10.0. The van der Waals surface area contributed by atoms with Gasteiger partial charge >= 0.3 is 0 Å². The van der Waals surface area contributed by atoms with E-state index in [0.717, 1.165) is 47.5 Å². The topological polar surface area (TPSA) is 86.7 Å². The number of primary amides is 1. The predicted molar refractivity (Wildman–Crippen MR) is 96.5 cm³/mol. The van der Waals surface area contributed by atoms with Crippen LogP contribution in [0.15, 0.2) is 42.9 Å². The second kappa shape index (κ2) is 7.25. The van der Waals surface area contributed by atoms with Crippen molar-refractivity contribution >= 4 is 5.91 Å². The number of hydrogen-bond donors (Lipinski definition) is 1. The minimum atomic E-state index is -0.525. The highest BCUT2D eigenvalue weighted by Crippen LogP contribution is 2.29. The Kier molecular flexibility index (Phi) is 4.88. The summed E-state index contributed by atoms with van der Waals surface area (Å²) in [7, 11) is 0. The number of unbranched alkanes of at least 4 members (excludes halogenated alkanes) is 1. The average molecular weight is 335 g/mol. The van der Waals surface area contributed by atoms with Crippen molar-refractivity contribution in [3.63, 3.8) is 0 Å². The molecule has 0 saturated heterocycles. The van der Waals surface area contributed by atoms with Crippen LogP contribution in [-0.4, -0.2) is 25.7 Å². The van der Waals surface area contributed by atoms with Gasteiger partial charge in [0.1, 0.15) is 0 Å². The number of carbonyl (C=O) groups is 1. The molecule has 1 amide bonds. The van der Waals surface area contributed by atoms with E-state index in [-0.39, 0.29) is 0 Å². The van der Waals surface area contributed by atoms with Crippen LogP contribution in [0.4, 0.5) is 0 Å². The van der Waals surface area contributed by atoms with Crippen molar-refractivity contribution in [2.75, 3.05) is 0 Å². The van der Waals surface area contributed by atoms with Crippen LogP contribution in [0.1, 0.15) is 41.4 Å². The Morgan fingerprint density at radius 2 is 2.12 bits per heavy atom. The molecule has 6 heteroatoms. The summed E-state index contributed by atoms with van der Waals surface area (Å²) in [6, 6.07) is 7.66. The molecule has 0 atom stereocenters. The van der Waals surface area contributed by atoms with Gasteiger partial charge in [-0.05, 0) is 49.6 Å². The second-order valence-corrected chi connectivity index (χ2v) is 5.99. The van der Waals surface area contributed by atoms with Crippen LogP contribution in [0.2, 0.25) is 0 Å². The molecule has 0 fully saturated rings. The molecule has 0 radical (unpaired) electrons. The third-order valence-corrected chi connectivity index (χ3v) is 4.05. The second-order valence-electron chi connectivity index (χ2n) is 5.99. The Morgan fingerprint density at radius 1 is 1.28 bits per heavy atom. The molecule has 128 valence electrons. The highest BCUT2D eigenvalue weighted by Gasteiger charge is 2.23. The summed E-state index contributed by atoms with van der Waals surface area (Å²) in [5.74, 6) is -0.525. The molecule has 3 aromatic heterocycles. The summed E-state index contributed by atoms with van der Waals surface area (Å²) >= 11 is 0. The molecule has 0 aliphatic heterocycles. The number of nitrogens with two attached hydrogens (primary N) is 1. The molecule has 2 N–H and O–H groups in total. The van der Waals surface area contributed by atoms with Crippen molar-refractivity contribution in [1.82, 2.24) is 19.7 Å². The number of hydrogen-bond acceptors (Lipinski definition) is 4. The van der Waals surface area contributed by atoms with E-state index in [1.807, 2.05) is 31.2 Å². The summed E-state index contributed by atoms with van der Waals surface area (Å²) in [5.41, 5.74) is 10.2. The van der Waals surface area contributed by atoms with E-state index in [0.29, 0.717) is 5.69 Å². The van der Waals surface area contributed by atoms with Gasteiger partial charge in [0.2, 0.25) is 0 Å². The molecule has 0 bridgehead atoms. The minimum absolute atomic E-state index is 0.301. The van der Waals surface area contributed by atoms with Gasteiger partial charge in [-0.3, -0.25) is 14.8 Å². The normalized spacial score (nSPS) is 10.8. The Labute approximate surface area is 146 Å². The number of rotatable bonds is 6. The summed E-state index contributed by atoms with van der Waals surface area (Å²) in [4.78, 5) is 20.7. The Balaban J connectivity index is 2.28. The maximum absolute atomic E-state index is 12.0. The zero-order valence-electron chi connectivity index (χ0n) is 14.4. The lowest BCUT2D eigenvalue weighted by Crippen LogP contribution is -2.14. The predicted octanol–water partition coefficient (Wildman–Crippen LogP) is 3.08. The standard InChI is InChI=1S/C19H21N5O/c1-3-4-7-15-17(19(20)25)23-24(14-6-5-9-21-12-14)18(15)16-11-13(2)8-10-22-16/h5-6,8-12H,3-4,7H2,1-2H3,(H2,20,25). The molecule has 0 aliphatic rings. The SMILES string of the molecule is CCCCc1c(C(N)=O)nn(-c2cccnc2)c1-c1cc(C)ccn1. The lowest BCUT2D eigenvalue weighted by molar-refractivity contribution is 0.0994. The molecular formula is C19H21N5O. The molecule has 0 saturated carbocycles. The van der Waals surface area contributed by atoms with Gasteiger partial charge < -0.3 is 5.73 Å². The van der Waals surface area contributed by atoms with Gasteiger partial charge in [0.15, 0.2) is 5.69 Å². The third-order valence-electron chi connectivity index (χ3n) is 4.05. The molecule has 3 aromatic rings. The first-order valence-corrected chi connectivity index (χ1v) is 8.37. The first-order chi connectivity index (χ1) is 12.1. The van der Waals surface area contributed by atoms with Crippen LogP contribution >= 0.6 is 0 Å². The van der Waals surface area contributed by atoms with Crippen LogP contribution in [0.5, 0.6) is 0 Å². The van der Waals surface area contributed by atoms with Crippen LogP contribution in [-0.2, 0) is 6.42 Å². The molecule has 0 unspecified atom stereocenters. The highest BCUT2D eigenvalue weighted by molar-refractivity contribution is 5.94. The van der Waals surface area contributed by atoms with Crippen molar-refractivity contribution in [3.8, 4) is 17.1 Å². The largest absolute Gasteiger partial charge is 0.364 e. The first kappa shape index (κ1) is 16.8. The summed E-state index contributed by atoms with van der Waals surface area (Å²) < 4.78 is 1.72. The summed E-state index contributed by atoms with van der Waals surface area (Å²) in [6.45, 7) is 4.12. The van der Waals surface area contributed by atoms with Crippen molar-refractivity contribution in [2.45, 2.75) is 33.1 Å². The van der Waals surface area contributed by atoms with Crippen LogP contribution in [0, 0.1) is 6.92 Å². The van der Waals surface area contributed by atoms with Crippen LogP contribution in [0.3, 0.4) is 0 Å². The van der Waals surface area contributed by atoms with E-state index in [9.17, 15) is 4.79 Å². The lowest BCUT2D eigenvalue weighted by Gasteiger charge is -2.09. The maximum Gasteiger partial charge on any atom is 0.269 e. The molecule has 25 heavy (non-hydrogen) atoms. The van der Waals surface area contributed by atoms with Gasteiger partial charge in [-0.15, -0.1) is 0 Å². The fourth-order valence-corrected chi connectivity index (χ4v) is 2.83. The van der Waals surface area contributed by atoms with Gasteiger partial charge in [0.25, 0.3) is 5.91 Å². The van der Waals surface area contributed by atoms with E-state index in [1.54, 1.807) is 23.3 Å². The molecule has 3 rings (SSSR count).